The van der Waals surface area contributed by atoms with Gasteiger partial charge in [0, 0.05) is 6.42 Å². The second-order valence-electron chi connectivity index (χ2n) is 7.74. The SMILES string of the molecule is CCCCOc1ccc(/C=C/C(CCCCC(=O)O)Cc2ccc(C(=O)O)cc2)cc1. The van der Waals surface area contributed by atoms with Crippen molar-refractivity contribution in [3.8, 4) is 5.75 Å². The number of allylic oxidation sites excluding steroid dienone is 1. The third kappa shape index (κ3) is 9.51. The van der Waals surface area contributed by atoms with E-state index in [0.29, 0.717) is 6.42 Å². The first kappa shape index (κ1) is 24.2. The summed E-state index contributed by atoms with van der Waals surface area (Å²) in [6.07, 6.45) is 9.72. The minimum absolute atomic E-state index is 0.184. The fourth-order valence-corrected chi connectivity index (χ4v) is 3.29. The van der Waals surface area contributed by atoms with Gasteiger partial charge in [0.2, 0.25) is 0 Å². The van der Waals surface area contributed by atoms with E-state index in [9.17, 15) is 9.59 Å². The molecule has 2 rings (SSSR count). The summed E-state index contributed by atoms with van der Waals surface area (Å²) in [4.78, 5) is 21.8. The first-order valence-corrected chi connectivity index (χ1v) is 10.9. The van der Waals surface area contributed by atoms with Crippen LogP contribution in [0, 0.1) is 5.92 Å². The van der Waals surface area contributed by atoms with E-state index in [0.717, 1.165) is 55.6 Å². The lowest BCUT2D eigenvalue weighted by Crippen LogP contribution is -2.04. The number of aromatic carboxylic acids is 1. The maximum Gasteiger partial charge on any atom is 0.335 e. The van der Waals surface area contributed by atoms with Gasteiger partial charge in [-0.2, -0.15) is 0 Å². The second kappa shape index (κ2) is 13.3. The molecule has 2 aromatic carbocycles. The third-order valence-electron chi connectivity index (χ3n) is 5.12. The average molecular weight is 425 g/mol. The van der Waals surface area contributed by atoms with E-state index < -0.39 is 11.9 Å². The molecule has 2 aromatic rings. The first-order valence-electron chi connectivity index (χ1n) is 10.9. The van der Waals surface area contributed by atoms with Gasteiger partial charge in [0.15, 0.2) is 0 Å². The normalized spacial score (nSPS) is 12.0. The summed E-state index contributed by atoms with van der Waals surface area (Å²) in [6, 6.07) is 15.0. The van der Waals surface area contributed by atoms with Gasteiger partial charge in [-0.15, -0.1) is 0 Å². The van der Waals surface area contributed by atoms with E-state index >= 15 is 0 Å². The minimum Gasteiger partial charge on any atom is -0.494 e. The number of carboxylic acid groups (broad SMARTS) is 2. The van der Waals surface area contributed by atoms with Gasteiger partial charge >= 0.3 is 11.9 Å². The molecule has 0 saturated carbocycles. The van der Waals surface area contributed by atoms with Crippen LogP contribution in [0.2, 0.25) is 0 Å². The monoisotopic (exact) mass is 424 g/mol. The van der Waals surface area contributed by atoms with Gasteiger partial charge < -0.3 is 14.9 Å². The first-order chi connectivity index (χ1) is 15.0. The maximum absolute atomic E-state index is 11.1. The summed E-state index contributed by atoms with van der Waals surface area (Å²) in [6.45, 7) is 2.86. The molecule has 0 aliphatic heterocycles. The Morgan fingerprint density at radius 3 is 2.29 bits per heavy atom. The zero-order valence-corrected chi connectivity index (χ0v) is 18.1. The minimum atomic E-state index is -0.932. The molecule has 0 bridgehead atoms. The van der Waals surface area contributed by atoms with Crippen molar-refractivity contribution in [3.63, 3.8) is 0 Å². The van der Waals surface area contributed by atoms with Crippen molar-refractivity contribution in [3.05, 3.63) is 71.3 Å². The standard InChI is InChI=1S/C26H32O5/c1-2-3-18-31-24-16-12-20(13-17-24)8-9-21(6-4-5-7-25(27)28)19-22-10-14-23(15-11-22)26(29)30/h8-17,21H,2-7,18-19H2,1H3,(H,27,28)(H,29,30)/b9-8+. The molecule has 0 aliphatic rings. The van der Waals surface area contributed by atoms with E-state index in [-0.39, 0.29) is 17.9 Å². The number of hydrogen-bond donors (Lipinski definition) is 2. The third-order valence-corrected chi connectivity index (χ3v) is 5.12. The number of carboxylic acids is 2. The van der Waals surface area contributed by atoms with Crippen LogP contribution in [0.25, 0.3) is 6.08 Å². The molecular weight excluding hydrogens is 392 g/mol. The zero-order chi connectivity index (χ0) is 22.5. The summed E-state index contributed by atoms with van der Waals surface area (Å²) in [5.41, 5.74) is 2.43. The number of ether oxygens (including phenoxy) is 1. The van der Waals surface area contributed by atoms with Crippen molar-refractivity contribution >= 4 is 18.0 Å². The highest BCUT2D eigenvalue weighted by molar-refractivity contribution is 5.87. The molecule has 166 valence electrons. The van der Waals surface area contributed by atoms with Crippen LogP contribution < -0.4 is 4.74 Å². The summed E-state index contributed by atoms with van der Waals surface area (Å²) < 4.78 is 5.70. The molecule has 0 amide bonds. The van der Waals surface area contributed by atoms with Crippen LogP contribution in [0.4, 0.5) is 0 Å². The Hall–Kier alpha value is -3.08. The van der Waals surface area contributed by atoms with Crippen molar-refractivity contribution in [2.75, 3.05) is 6.61 Å². The highest BCUT2D eigenvalue weighted by Gasteiger charge is 2.09. The second-order valence-corrected chi connectivity index (χ2v) is 7.74. The Morgan fingerprint density at radius 2 is 1.68 bits per heavy atom. The molecule has 0 spiro atoms. The quantitative estimate of drug-likeness (QED) is 0.359. The van der Waals surface area contributed by atoms with Gasteiger partial charge in [0.05, 0.1) is 12.2 Å². The van der Waals surface area contributed by atoms with Crippen LogP contribution in [0.5, 0.6) is 5.75 Å². The molecule has 1 unspecified atom stereocenters. The van der Waals surface area contributed by atoms with E-state index in [1.165, 1.54) is 0 Å². The Labute approximate surface area is 184 Å². The van der Waals surface area contributed by atoms with Crippen LogP contribution in [0.1, 0.15) is 66.9 Å². The predicted octanol–water partition coefficient (Wildman–Crippen LogP) is 6.08. The van der Waals surface area contributed by atoms with Gasteiger partial charge in [-0.1, -0.05) is 56.2 Å². The molecule has 1 atom stereocenters. The number of unbranched alkanes of at least 4 members (excludes halogenated alkanes) is 2. The van der Waals surface area contributed by atoms with Gasteiger partial charge in [0.25, 0.3) is 0 Å². The average Bonchev–Trinajstić information content (AvgIpc) is 2.76. The molecule has 5 heteroatoms. The number of aliphatic carboxylic acids is 1. The van der Waals surface area contributed by atoms with Gasteiger partial charge in [-0.3, -0.25) is 4.79 Å². The van der Waals surface area contributed by atoms with Crippen molar-refractivity contribution in [1.29, 1.82) is 0 Å². The fraction of sp³-hybridized carbons (Fsp3) is 0.385. The Bertz CT molecular complexity index is 837. The topological polar surface area (TPSA) is 83.8 Å². The van der Waals surface area contributed by atoms with Crippen molar-refractivity contribution in [2.45, 2.75) is 51.9 Å². The lowest BCUT2D eigenvalue weighted by Gasteiger charge is -2.13. The largest absolute Gasteiger partial charge is 0.494 e. The Morgan fingerprint density at radius 1 is 0.968 bits per heavy atom. The number of rotatable bonds is 14. The van der Waals surface area contributed by atoms with Crippen LogP contribution >= 0.6 is 0 Å². The van der Waals surface area contributed by atoms with Crippen molar-refractivity contribution in [2.24, 2.45) is 5.92 Å². The van der Waals surface area contributed by atoms with Gasteiger partial charge in [0.1, 0.15) is 5.75 Å². The van der Waals surface area contributed by atoms with Crippen molar-refractivity contribution in [1.82, 2.24) is 0 Å². The van der Waals surface area contributed by atoms with Crippen LogP contribution in [0.15, 0.2) is 54.6 Å². The lowest BCUT2D eigenvalue weighted by atomic mass is 9.92. The molecule has 0 saturated heterocycles. The molecule has 2 N–H and O–H groups in total. The van der Waals surface area contributed by atoms with Crippen LogP contribution in [-0.4, -0.2) is 28.8 Å². The molecule has 0 heterocycles. The molecule has 0 radical (unpaired) electrons. The summed E-state index contributed by atoms with van der Waals surface area (Å²) >= 11 is 0. The van der Waals surface area contributed by atoms with Crippen LogP contribution in [0.3, 0.4) is 0 Å². The molecule has 0 fully saturated rings. The van der Waals surface area contributed by atoms with Gasteiger partial charge in [-0.05, 0) is 67.0 Å². The van der Waals surface area contributed by atoms with E-state index in [1.54, 1.807) is 12.1 Å². The summed E-state index contributed by atoms with van der Waals surface area (Å²) in [7, 11) is 0. The zero-order valence-electron chi connectivity index (χ0n) is 18.1. The molecule has 5 nitrogen and oxygen atoms in total. The lowest BCUT2D eigenvalue weighted by molar-refractivity contribution is -0.137. The van der Waals surface area contributed by atoms with Crippen LogP contribution in [-0.2, 0) is 11.2 Å². The van der Waals surface area contributed by atoms with E-state index in [1.807, 2.05) is 36.4 Å². The fourth-order valence-electron chi connectivity index (χ4n) is 3.29. The molecular formula is C26H32O5. The Balaban J connectivity index is 2.01. The van der Waals surface area contributed by atoms with Gasteiger partial charge in [-0.25, -0.2) is 4.79 Å². The smallest absolute Gasteiger partial charge is 0.335 e. The van der Waals surface area contributed by atoms with E-state index in [2.05, 4.69) is 19.1 Å². The summed E-state index contributed by atoms with van der Waals surface area (Å²) in [5.74, 6) is -0.587. The van der Waals surface area contributed by atoms with E-state index in [4.69, 9.17) is 14.9 Å². The number of carbonyl (C=O) groups is 2. The molecule has 31 heavy (non-hydrogen) atoms. The Kier molecular flexibility index (Phi) is 10.4. The van der Waals surface area contributed by atoms with Crippen molar-refractivity contribution < 1.29 is 24.5 Å². The number of benzene rings is 2. The highest BCUT2D eigenvalue weighted by Crippen LogP contribution is 2.21. The maximum atomic E-state index is 11.1. The molecule has 0 aromatic heterocycles. The summed E-state index contributed by atoms with van der Waals surface area (Å²) in [5, 5.41) is 17.9. The molecule has 0 aliphatic carbocycles. The number of hydrogen-bond acceptors (Lipinski definition) is 3. The predicted molar refractivity (Wildman–Crippen MR) is 123 cm³/mol. The highest BCUT2D eigenvalue weighted by atomic mass is 16.5.